The van der Waals surface area contributed by atoms with E-state index in [4.69, 9.17) is 5.11 Å². The lowest BCUT2D eigenvalue weighted by Gasteiger charge is -2.30. The van der Waals surface area contributed by atoms with Gasteiger partial charge in [0.15, 0.2) is 0 Å². The Morgan fingerprint density at radius 3 is 2.29 bits per heavy atom. The van der Waals surface area contributed by atoms with Crippen LogP contribution in [0.3, 0.4) is 0 Å². The van der Waals surface area contributed by atoms with Crippen LogP contribution in [0.25, 0.3) is 0 Å². The largest absolute Gasteiger partial charge is 0.481 e. The molecule has 1 heterocycles. The van der Waals surface area contributed by atoms with E-state index in [2.05, 4.69) is 22.6 Å². The first-order valence-electron chi connectivity index (χ1n) is 8.00. The van der Waals surface area contributed by atoms with Gasteiger partial charge in [0, 0.05) is 12.6 Å². The van der Waals surface area contributed by atoms with Crippen LogP contribution in [0.5, 0.6) is 0 Å². The Bertz CT molecular complexity index is 359. The highest BCUT2D eigenvalue weighted by Crippen LogP contribution is 2.28. The normalized spacial score (nSPS) is 28.0. The molecule has 0 atom stereocenters. The van der Waals surface area contributed by atoms with Crippen molar-refractivity contribution in [2.45, 2.75) is 44.6 Å². The van der Waals surface area contributed by atoms with Gasteiger partial charge in [-0.3, -0.25) is 4.79 Å². The van der Waals surface area contributed by atoms with Crippen LogP contribution in [0.15, 0.2) is 0 Å². The Morgan fingerprint density at radius 2 is 1.71 bits per heavy atom. The van der Waals surface area contributed by atoms with Crippen molar-refractivity contribution in [1.29, 1.82) is 0 Å². The standard InChI is InChI=1S/C15H27N3O3/c1-18-8-6-13(7-9-18)17-15(21)16-10-11-2-4-12(5-3-11)14(19)20/h11-13H,2-10H2,1H3,(H,19,20)(H2,16,17,21). The monoisotopic (exact) mass is 297 g/mol. The summed E-state index contributed by atoms with van der Waals surface area (Å²) in [5.41, 5.74) is 0. The zero-order valence-corrected chi connectivity index (χ0v) is 12.8. The van der Waals surface area contributed by atoms with E-state index in [0.29, 0.717) is 12.5 Å². The van der Waals surface area contributed by atoms with Gasteiger partial charge >= 0.3 is 12.0 Å². The van der Waals surface area contributed by atoms with Crippen LogP contribution in [-0.4, -0.2) is 54.7 Å². The number of urea groups is 1. The van der Waals surface area contributed by atoms with Gasteiger partial charge < -0.3 is 20.6 Å². The second-order valence-electron chi connectivity index (χ2n) is 6.49. The lowest BCUT2D eigenvalue weighted by atomic mass is 9.82. The first-order valence-corrected chi connectivity index (χ1v) is 8.00. The maximum Gasteiger partial charge on any atom is 0.315 e. The van der Waals surface area contributed by atoms with Crippen LogP contribution >= 0.6 is 0 Å². The summed E-state index contributed by atoms with van der Waals surface area (Å²) < 4.78 is 0. The zero-order valence-electron chi connectivity index (χ0n) is 12.8. The minimum Gasteiger partial charge on any atom is -0.481 e. The smallest absolute Gasteiger partial charge is 0.315 e. The number of amides is 2. The molecule has 2 fully saturated rings. The number of carbonyl (C=O) groups is 2. The van der Waals surface area contributed by atoms with E-state index in [0.717, 1.165) is 51.6 Å². The first kappa shape index (κ1) is 16.1. The molecule has 1 aliphatic carbocycles. The van der Waals surface area contributed by atoms with Crippen LogP contribution < -0.4 is 10.6 Å². The predicted octanol–water partition coefficient (Wildman–Crippen LogP) is 1.27. The van der Waals surface area contributed by atoms with Crippen LogP contribution in [-0.2, 0) is 4.79 Å². The van der Waals surface area contributed by atoms with E-state index in [-0.39, 0.29) is 18.0 Å². The number of carbonyl (C=O) groups excluding carboxylic acids is 1. The van der Waals surface area contributed by atoms with Crippen LogP contribution in [0, 0.1) is 11.8 Å². The van der Waals surface area contributed by atoms with Crippen molar-refractivity contribution in [2.75, 3.05) is 26.7 Å². The maximum absolute atomic E-state index is 11.9. The molecule has 0 bridgehead atoms. The summed E-state index contributed by atoms with van der Waals surface area (Å²) in [4.78, 5) is 25.0. The zero-order chi connectivity index (χ0) is 15.2. The summed E-state index contributed by atoms with van der Waals surface area (Å²) in [5, 5.41) is 14.9. The third-order valence-corrected chi connectivity index (χ3v) is 4.80. The van der Waals surface area contributed by atoms with E-state index < -0.39 is 5.97 Å². The second-order valence-corrected chi connectivity index (χ2v) is 6.49. The third-order valence-electron chi connectivity index (χ3n) is 4.80. The molecule has 0 radical (unpaired) electrons. The molecule has 6 heteroatoms. The molecule has 120 valence electrons. The van der Waals surface area contributed by atoms with Gasteiger partial charge in [-0.1, -0.05) is 0 Å². The lowest BCUT2D eigenvalue weighted by molar-refractivity contribution is -0.143. The van der Waals surface area contributed by atoms with Gasteiger partial charge in [-0.2, -0.15) is 0 Å². The van der Waals surface area contributed by atoms with E-state index in [1.807, 2.05) is 0 Å². The van der Waals surface area contributed by atoms with Crippen molar-refractivity contribution in [2.24, 2.45) is 11.8 Å². The topological polar surface area (TPSA) is 81.7 Å². The first-order chi connectivity index (χ1) is 10.0. The van der Waals surface area contributed by atoms with Gasteiger partial charge in [-0.15, -0.1) is 0 Å². The number of likely N-dealkylation sites (tertiary alicyclic amines) is 1. The Labute approximate surface area is 126 Å². The lowest BCUT2D eigenvalue weighted by Crippen LogP contribution is -2.48. The highest BCUT2D eigenvalue weighted by Gasteiger charge is 2.26. The molecule has 0 spiro atoms. The molecule has 1 aliphatic heterocycles. The quantitative estimate of drug-likeness (QED) is 0.730. The summed E-state index contributed by atoms with van der Waals surface area (Å²) >= 11 is 0. The number of rotatable bonds is 4. The fraction of sp³-hybridized carbons (Fsp3) is 0.867. The minimum atomic E-state index is -0.679. The fourth-order valence-electron chi connectivity index (χ4n) is 3.24. The molecular formula is C15H27N3O3. The van der Waals surface area contributed by atoms with Crippen molar-refractivity contribution < 1.29 is 14.7 Å². The number of aliphatic carboxylic acids is 1. The fourth-order valence-corrected chi connectivity index (χ4v) is 3.24. The molecule has 21 heavy (non-hydrogen) atoms. The van der Waals surface area contributed by atoms with Crippen molar-refractivity contribution in [3.8, 4) is 0 Å². The van der Waals surface area contributed by atoms with Crippen molar-refractivity contribution >= 4 is 12.0 Å². The number of piperidine rings is 1. The molecule has 0 aromatic carbocycles. The number of carboxylic acids is 1. The van der Waals surface area contributed by atoms with Gasteiger partial charge in [-0.05, 0) is 64.6 Å². The number of hydrogen-bond acceptors (Lipinski definition) is 3. The summed E-state index contributed by atoms with van der Waals surface area (Å²) in [6.45, 7) is 2.72. The van der Waals surface area contributed by atoms with Crippen molar-refractivity contribution in [1.82, 2.24) is 15.5 Å². The van der Waals surface area contributed by atoms with Crippen molar-refractivity contribution in [3.05, 3.63) is 0 Å². The predicted molar refractivity (Wildman–Crippen MR) is 80.1 cm³/mol. The van der Waals surface area contributed by atoms with E-state index in [1.54, 1.807) is 0 Å². The average molecular weight is 297 g/mol. The summed E-state index contributed by atoms with van der Waals surface area (Å²) in [6.07, 6.45) is 5.27. The maximum atomic E-state index is 11.9. The van der Waals surface area contributed by atoms with Gasteiger partial charge in [0.1, 0.15) is 0 Å². The van der Waals surface area contributed by atoms with Gasteiger partial charge in [-0.25, -0.2) is 4.79 Å². The van der Waals surface area contributed by atoms with Crippen molar-refractivity contribution in [3.63, 3.8) is 0 Å². The van der Waals surface area contributed by atoms with Gasteiger partial charge in [0.2, 0.25) is 0 Å². The summed E-state index contributed by atoms with van der Waals surface area (Å²) in [6, 6.07) is 0.203. The Morgan fingerprint density at radius 1 is 1.10 bits per heavy atom. The SMILES string of the molecule is CN1CCC(NC(=O)NCC2CCC(C(=O)O)CC2)CC1. The molecule has 1 saturated carbocycles. The molecular weight excluding hydrogens is 270 g/mol. The average Bonchev–Trinajstić information content (AvgIpc) is 2.48. The molecule has 6 nitrogen and oxygen atoms in total. The Balaban J connectivity index is 1.60. The highest BCUT2D eigenvalue weighted by molar-refractivity contribution is 5.74. The van der Waals surface area contributed by atoms with Gasteiger partial charge in [0.05, 0.1) is 5.92 Å². The van der Waals surface area contributed by atoms with E-state index >= 15 is 0 Å². The van der Waals surface area contributed by atoms with Gasteiger partial charge in [0.25, 0.3) is 0 Å². The van der Waals surface area contributed by atoms with Crippen LogP contribution in [0.2, 0.25) is 0 Å². The second kappa shape index (κ2) is 7.64. The van der Waals surface area contributed by atoms with E-state index in [9.17, 15) is 9.59 Å². The molecule has 0 unspecified atom stereocenters. The molecule has 1 saturated heterocycles. The summed E-state index contributed by atoms with van der Waals surface area (Å²) in [7, 11) is 2.10. The molecule has 2 rings (SSSR count). The number of hydrogen-bond donors (Lipinski definition) is 3. The molecule has 0 aromatic heterocycles. The van der Waals surface area contributed by atoms with Crippen LogP contribution in [0.1, 0.15) is 38.5 Å². The molecule has 0 aromatic rings. The minimum absolute atomic E-state index is 0.0788. The number of nitrogens with zero attached hydrogens (tertiary/aromatic N) is 1. The highest BCUT2D eigenvalue weighted by atomic mass is 16.4. The molecule has 3 N–H and O–H groups in total. The summed E-state index contributed by atoms with van der Waals surface area (Å²) in [5.74, 6) is -0.445. The molecule has 2 aliphatic rings. The van der Waals surface area contributed by atoms with Crippen LogP contribution in [0.4, 0.5) is 4.79 Å². The number of nitrogens with one attached hydrogen (secondary N) is 2. The number of carboxylic acid groups (broad SMARTS) is 1. The Kier molecular flexibility index (Phi) is 5.85. The molecule has 2 amide bonds. The van der Waals surface area contributed by atoms with E-state index in [1.165, 1.54) is 0 Å². The Hall–Kier alpha value is -1.30. The third kappa shape index (κ3) is 5.19.